The minimum absolute atomic E-state index is 0.177. The number of carbonyl (C=O) groups is 1. The molecule has 3 aliphatic heterocycles. The monoisotopic (exact) mass is 342 g/mol. The van der Waals surface area contributed by atoms with Crippen LogP contribution in [0, 0.1) is 5.92 Å². The van der Waals surface area contributed by atoms with Gasteiger partial charge in [0.25, 0.3) is 0 Å². The summed E-state index contributed by atoms with van der Waals surface area (Å²) >= 11 is 0. The number of amides is 1. The SMILES string of the molecule is C=CCc1cc(CN2C[C@@H]3CC[C@H](C2)N(CCC)C3=O)ccc1OC. The Balaban J connectivity index is 1.74. The molecule has 0 saturated carbocycles. The van der Waals surface area contributed by atoms with E-state index in [0.29, 0.717) is 11.9 Å². The Morgan fingerprint density at radius 3 is 2.88 bits per heavy atom. The first-order valence-corrected chi connectivity index (χ1v) is 9.45. The molecule has 3 aliphatic rings. The van der Waals surface area contributed by atoms with E-state index < -0.39 is 0 Å². The number of ether oxygens (including phenoxy) is 1. The molecule has 0 N–H and O–H groups in total. The van der Waals surface area contributed by atoms with Gasteiger partial charge in [0.2, 0.25) is 5.91 Å². The summed E-state index contributed by atoms with van der Waals surface area (Å²) < 4.78 is 5.45. The van der Waals surface area contributed by atoms with Crippen molar-refractivity contribution in [3.63, 3.8) is 0 Å². The van der Waals surface area contributed by atoms with Crippen LogP contribution in [0.4, 0.5) is 0 Å². The van der Waals surface area contributed by atoms with E-state index in [1.165, 1.54) is 11.1 Å². The van der Waals surface area contributed by atoms with Gasteiger partial charge in [-0.3, -0.25) is 9.69 Å². The van der Waals surface area contributed by atoms with Crippen molar-refractivity contribution in [2.75, 3.05) is 26.7 Å². The molecule has 4 nitrogen and oxygen atoms in total. The summed E-state index contributed by atoms with van der Waals surface area (Å²) in [7, 11) is 1.71. The zero-order valence-corrected chi connectivity index (χ0v) is 15.5. The minimum Gasteiger partial charge on any atom is -0.496 e. The maximum atomic E-state index is 12.7. The summed E-state index contributed by atoms with van der Waals surface area (Å²) in [4.78, 5) is 17.3. The van der Waals surface area contributed by atoms with Crippen molar-refractivity contribution >= 4 is 5.91 Å². The third-order valence-electron chi connectivity index (χ3n) is 5.45. The quantitative estimate of drug-likeness (QED) is 0.713. The molecular weight excluding hydrogens is 312 g/mol. The molecule has 136 valence electrons. The van der Waals surface area contributed by atoms with Crippen LogP contribution in [0.3, 0.4) is 0 Å². The molecule has 0 aliphatic carbocycles. The normalized spacial score (nSPS) is 23.6. The van der Waals surface area contributed by atoms with Crippen LogP contribution >= 0.6 is 0 Å². The average Bonchev–Trinajstić information content (AvgIpc) is 2.87. The molecule has 2 bridgehead atoms. The summed E-state index contributed by atoms with van der Waals surface area (Å²) in [6.07, 6.45) is 5.96. The molecule has 4 heteroatoms. The summed E-state index contributed by atoms with van der Waals surface area (Å²) in [6, 6.07) is 6.80. The van der Waals surface area contributed by atoms with E-state index in [-0.39, 0.29) is 5.92 Å². The molecule has 0 spiro atoms. The molecule has 1 aromatic rings. The highest BCUT2D eigenvalue weighted by molar-refractivity contribution is 5.80. The molecule has 0 aromatic heterocycles. The van der Waals surface area contributed by atoms with Crippen LogP contribution in [0.15, 0.2) is 30.9 Å². The highest BCUT2D eigenvalue weighted by atomic mass is 16.5. The van der Waals surface area contributed by atoms with Gasteiger partial charge in [0, 0.05) is 32.2 Å². The summed E-state index contributed by atoms with van der Waals surface area (Å²) in [5.74, 6) is 1.47. The first-order valence-electron chi connectivity index (χ1n) is 9.45. The second-order valence-electron chi connectivity index (χ2n) is 7.29. The van der Waals surface area contributed by atoms with Crippen molar-refractivity contribution < 1.29 is 9.53 Å². The Kier molecular flexibility index (Phi) is 5.79. The molecule has 4 rings (SSSR count). The van der Waals surface area contributed by atoms with Crippen LogP contribution in [0.25, 0.3) is 0 Å². The standard InChI is InChI=1S/C21H30N2O2/c1-4-6-17-12-16(7-10-20(17)25-3)13-22-14-18-8-9-19(15-22)23(11-5-2)21(18)24/h4,7,10,12,18-19H,1,5-6,8-9,11,13-15H2,2-3H3/t18-,19+/m0/s1. The van der Waals surface area contributed by atoms with Crippen molar-refractivity contribution in [2.45, 2.75) is 45.2 Å². The van der Waals surface area contributed by atoms with Crippen LogP contribution in [-0.2, 0) is 17.8 Å². The molecule has 3 fully saturated rings. The highest BCUT2D eigenvalue weighted by Gasteiger charge is 2.39. The van der Waals surface area contributed by atoms with Gasteiger partial charge in [-0.1, -0.05) is 25.1 Å². The summed E-state index contributed by atoms with van der Waals surface area (Å²) in [6.45, 7) is 9.68. The molecule has 1 amide bonds. The third-order valence-corrected chi connectivity index (χ3v) is 5.45. The van der Waals surface area contributed by atoms with Crippen LogP contribution in [-0.4, -0.2) is 48.5 Å². The van der Waals surface area contributed by atoms with E-state index in [1.807, 2.05) is 6.08 Å². The maximum absolute atomic E-state index is 12.7. The van der Waals surface area contributed by atoms with Crippen molar-refractivity contribution in [2.24, 2.45) is 5.92 Å². The van der Waals surface area contributed by atoms with Gasteiger partial charge in [0.1, 0.15) is 5.75 Å². The number of nitrogens with zero attached hydrogens (tertiary/aromatic N) is 2. The molecule has 2 atom stereocenters. The van der Waals surface area contributed by atoms with E-state index in [1.54, 1.807) is 7.11 Å². The van der Waals surface area contributed by atoms with E-state index in [2.05, 4.69) is 41.5 Å². The zero-order chi connectivity index (χ0) is 17.8. The van der Waals surface area contributed by atoms with Crippen molar-refractivity contribution in [1.29, 1.82) is 0 Å². The van der Waals surface area contributed by atoms with Gasteiger partial charge in [0.05, 0.1) is 13.0 Å². The van der Waals surface area contributed by atoms with E-state index >= 15 is 0 Å². The van der Waals surface area contributed by atoms with E-state index in [4.69, 9.17) is 4.74 Å². The minimum atomic E-state index is 0.177. The first-order chi connectivity index (χ1) is 12.2. The Hall–Kier alpha value is -1.81. The largest absolute Gasteiger partial charge is 0.496 e. The lowest BCUT2D eigenvalue weighted by Gasteiger charge is -2.35. The number of rotatable bonds is 7. The van der Waals surface area contributed by atoms with Gasteiger partial charge < -0.3 is 9.64 Å². The van der Waals surface area contributed by atoms with Gasteiger partial charge in [-0.2, -0.15) is 0 Å². The molecule has 3 heterocycles. The van der Waals surface area contributed by atoms with Gasteiger partial charge in [-0.15, -0.1) is 6.58 Å². The number of fused-ring (bicyclic) bond motifs is 4. The van der Waals surface area contributed by atoms with Gasteiger partial charge in [-0.25, -0.2) is 0 Å². The Bertz CT molecular complexity index is 628. The maximum Gasteiger partial charge on any atom is 0.227 e. The van der Waals surface area contributed by atoms with Crippen LogP contribution in [0.5, 0.6) is 5.75 Å². The second kappa shape index (κ2) is 8.05. The van der Waals surface area contributed by atoms with E-state index in [0.717, 1.165) is 57.6 Å². The lowest BCUT2D eigenvalue weighted by atomic mass is 9.94. The van der Waals surface area contributed by atoms with Gasteiger partial charge in [-0.05, 0) is 42.9 Å². The highest BCUT2D eigenvalue weighted by Crippen LogP contribution is 2.30. The number of carbonyl (C=O) groups excluding carboxylic acids is 1. The number of methoxy groups -OCH3 is 1. The number of piperidine rings is 1. The molecule has 3 saturated heterocycles. The lowest BCUT2D eigenvalue weighted by Crippen LogP contribution is -2.48. The van der Waals surface area contributed by atoms with Crippen LogP contribution in [0.1, 0.15) is 37.3 Å². The van der Waals surface area contributed by atoms with E-state index in [9.17, 15) is 4.79 Å². The number of benzene rings is 1. The predicted octanol–water partition coefficient (Wildman–Crippen LogP) is 3.26. The Labute approximate surface area is 151 Å². The molecular formula is C21H30N2O2. The number of hydrogen-bond donors (Lipinski definition) is 0. The van der Waals surface area contributed by atoms with Crippen LogP contribution in [0.2, 0.25) is 0 Å². The molecule has 25 heavy (non-hydrogen) atoms. The van der Waals surface area contributed by atoms with Gasteiger partial charge >= 0.3 is 0 Å². The summed E-state index contributed by atoms with van der Waals surface area (Å²) in [5.41, 5.74) is 2.46. The van der Waals surface area contributed by atoms with Gasteiger partial charge in [0.15, 0.2) is 0 Å². The fraction of sp³-hybridized carbons (Fsp3) is 0.571. The fourth-order valence-electron chi connectivity index (χ4n) is 4.30. The Morgan fingerprint density at radius 1 is 1.32 bits per heavy atom. The molecule has 0 radical (unpaired) electrons. The smallest absolute Gasteiger partial charge is 0.227 e. The Morgan fingerprint density at radius 2 is 2.16 bits per heavy atom. The zero-order valence-electron chi connectivity index (χ0n) is 15.5. The topological polar surface area (TPSA) is 32.8 Å². The fourth-order valence-corrected chi connectivity index (χ4v) is 4.30. The first kappa shape index (κ1) is 18.0. The van der Waals surface area contributed by atoms with Crippen LogP contribution < -0.4 is 4.74 Å². The second-order valence-corrected chi connectivity index (χ2v) is 7.29. The number of allylic oxidation sites excluding steroid dienone is 1. The number of hydrogen-bond acceptors (Lipinski definition) is 3. The molecule has 1 aromatic carbocycles. The van der Waals surface area contributed by atoms with Crippen molar-refractivity contribution in [3.8, 4) is 5.75 Å². The average molecular weight is 342 g/mol. The predicted molar refractivity (Wildman–Crippen MR) is 101 cm³/mol. The van der Waals surface area contributed by atoms with Crippen molar-refractivity contribution in [1.82, 2.24) is 9.80 Å². The van der Waals surface area contributed by atoms with Crippen molar-refractivity contribution in [3.05, 3.63) is 42.0 Å². The molecule has 0 unspecified atom stereocenters. The summed E-state index contributed by atoms with van der Waals surface area (Å²) in [5, 5.41) is 0. The lowest BCUT2D eigenvalue weighted by molar-refractivity contribution is -0.139. The third kappa shape index (κ3) is 3.90.